The van der Waals surface area contributed by atoms with Gasteiger partial charge in [0.05, 0.1) is 13.5 Å². The van der Waals surface area contributed by atoms with Crippen LogP contribution in [0.1, 0.15) is 24.0 Å². The van der Waals surface area contributed by atoms with Crippen molar-refractivity contribution in [1.29, 1.82) is 0 Å². The van der Waals surface area contributed by atoms with Crippen LogP contribution in [0.2, 0.25) is 0 Å². The molecule has 2 rings (SSSR count). The van der Waals surface area contributed by atoms with Gasteiger partial charge in [-0.25, -0.2) is 0 Å². The van der Waals surface area contributed by atoms with Gasteiger partial charge in [-0.1, -0.05) is 24.3 Å². The number of hydrogen-bond acceptors (Lipinski definition) is 3. The number of carbonyl (C=O) groups is 1. The molecule has 0 aromatic heterocycles. The minimum atomic E-state index is -0.205. The lowest BCUT2D eigenvalue weighted by Crippen LogP contribution is -2.35. The van der Waals surface area contributed by atoms with Gasteiger partial charge >= 0.3 is 5.97 Å². The summed E-state index contributed by atoms with van der Waals surface area (Å²) in [5, 5.41) is 0. The number of aryl methyl sites for hydroxylation is 1. The second-order valence-electron chi connectivity index (χ2n) is 4.39. The molecule has 1 aromatic carbocycles. The molecule has 3 heteroatoms. The van der Waals surface area contributed by atoms with Crippen LogP contribution in [0.4, 0.5) is 0 Å². The normalized spacial score (nSPS) is 22.9. The van der Waals surface area contributed by atoms with Gasteiger partial charge in [-0.05, 0) is 24.0 Å². The van der Waals surface area contributed by atoms with Crippen molar-refractivity contribution in [1.82, 2.24) is 0 Å². The topological polar surface area (TPSA) is 52.3 Å². The summed E-state index contributed by atoms with van der Waals surface area (Å²) in [4.78, 5) is 11.5. The fourth-order valence-electron chi connectivity index (χ4n) is 2.58. The summed E-state index contributed by atoms with van der Waals surface area (Å²) < 4.78 is 4.76. The Morgan fingerprint density at radius 2 is 2.25 bits per heavy atom. The number of methoxy groups -OCH3 is 1. The first-order valence-corrected chi connectivity index (χ1v) is 5.57. The Morgan fingerprint density at radius 3 is 2.94 bits per heavy atom. The van der Waals surface area contributed by atoms with E-state index in [1.165, 1.54) is 18.2 Å². The average Bonchev–Trinajstić information content (AvgIpc) is 2.69. The van der Waals surface area contributed by atoms with E-state index in [9.17, 15) is 4.79 Å². The van der Waals surface area contributed by atoms with Crippen molar-refractivity contribution in [3.05, 3.63) is 35.4 Å². The molecule has 1 aliphatic carbocycles. The Hall–Kier alpha value is -1.35. The van der Waals surface area contributed by atoms with E-state index in [-0.39, 0.29) is 11.4 Å². The SMILES string of the molecule is COC(=O)CC1(CN)CCc2ccccc21. The van der Waals surface area contributed by atoms with Crippen LogP contribution in [0, 0.1) is 0 Å². The van der Waals surface area contributed by atoms with Gasteiger partial charge in [-0.2, -0.15) is 0 Å². The first-order chi connectivity index (χ1) is 7.72. The third-order valence-electron chi connectivity index (χ3n) is 3.56. The van der Waals surface area contributed by atoms with Gasteiger partial charge in [0.1, 0.15) is 0 Å². The minimum absolute atomic E-state index is 0.179. The molecule has 1 aromatic rings. The third-order valence-corrected chi connectivity index (χ3v) is 3.56. The smallest absolute Gasteiger partial charge is 0.306 e. The number of rotatable bonds is 3. The number of ether oxygens (including phenoxy) is 1. The summed E-state index contributed by atoms with van der Waals surface area (Å²) in [6, 6.07) is 8.23. The lowest BCUT2D eigenvalue weighted by Gasteiger charge is -2.27. The summed E-state index contributed by atoms with van der Waals surface area (Å²) in [7, 11) is 1.42. The second kappa shape index (κ2) is 4.26. The number of esters is 1. The molecule has 0 spiro atoms. The van der Waals surface area contributed by atoms with Crippen molar-refractivity contribution in [2.75, 3.05) is 13.7 Å². The van der Waals surface area contributed by atoms with Gasteiger partial charge in [0.15, 0.2) is 0 Å². The molecule has 0 fully saturated rings. The van der Waals surface area contributed by atoms with E-state index < -0.39 is 0 Å². The molecule has 0 heterocycles. The molecular formula is C13H17NO2. The van der Waals surface area contributed by atoms with E-state index in [1.54, 1.807) is 0 Å². The van der Waals surface area contributed by atoms with Crippen molar-refractivity contribution >= 4 is 5.97 Å². The lowest BCUT2D eigenvalue weighted by molar-refractivity contribution is -0.142. The first-order valence-electron chi connectivity index (χ1n) is 5.57. The van der Waals surface area contributed by atoms with Crippen LogP contribution < -0.4 is 5.73 Å². The standard InChI is InChI=1S/C13H17NO2/c1-16-12(15)8-13(9-14)7-6-10-4-2-3-5-11(10)13/h2-5H,6-9,14H2,1H3. The minimum Gasteiger partial charge on any atom is -0.469 e. The summed E-state index contributed by atoms with van der Waals surface area (Å²) in [6.45, 7) is 0.499. The Kier molecular flexibility index (Phi) is 2.97. The number of carbonyl (C=O) groups excluding carboxylic acids is 1. The highest BCUT2D eigenvalue weighted by atomic mass is 16.5. The van der Waals surface area contributed by atoms with Gasteiger partial charge in [0, 0.05) is 12.0 Å². The Labute approximate surface area is 95.6 Å². The van der Waals surface area contributed by atoms with Crippen LogP contribution in [-0.4, -0.2) is 19.6 Å². The molecule has 0 radical (unpaired) electrons. The molecule has 86 valence electrons. The van der Waals surface area contributed by atoms with E-state index in [0.29, 0.717) is 13.0 Å². The zero-order valence-corrected chi connectivity index (χ0v) is 9.53. The predicted octanol–water partition coefficient (Wildman–Crippen LogP) is 1.39. The molecule has 0 saturated carbocycles. The molecule has 1 unspecified atom stereocenters. The highest BCUT2D eigenvalue weighted by Gasteiger charge is 2.39. The molecular weight excluding hydrogens is 202 g/mol. The summed E-state index contributed by atoms with van der Waals surface area (Å²) >= 11 is 0. The van der Waals surface area contributed by atoms with Crippen LogP contribution in [0.25, 0.3) is 0 Å². The second-order valence-corrected chi connectivity index (χ2v) is 4.39. The number of fused-ring (bicyclic) bond motifs is 1. The molecule has 0 aliphatic heterocycles. The molecule has 16 heavy (non-hydrogen) atoms. The van der Waals surface area contributed by atoms with Crippen LogP contribution in [-0.2, 0) is 21.4 Å². The molecule has 3 nitrogen and oxygen atoms in total. The maximum atomic E-state index is 11.5. The third kappa shape index (κ3) is 1.71. The molecule has 1 atom stereocenters. The highest BCUT2D eigenvalue weighted by molar-refractivity contribution is 5.72. The molecule has 0 amide bonds. The van der Waals surface area contributed by atoms with Gasteiger partial charge < -0.3 is 10.5 Å². The maximum absolute atomic E-state index is 11.5. The zero-order valence-electron chi connectivity index (χ0n) is 9.53. The quantitative estimate of drug-likeness (QED) is 0.782. The van der Waals surface area contributed by atoms with Crippen LogP contribution >= 0.6 is 0 Å². The maximum Gasteiger partial charge on any atom is 0.306 e. The monoisotopic (exact) mass is 219 g/mol. The summed E-state index contributed by atoms with van der Waals surface area (Å²) in [5.74, 6) is -0.179. The van der Waals surface area contributed by atoms with Crippen LogP contribution in [0.3, 0.4) is 0 Å². The molecule has 0 saturated heterocycles. The fourth-order valence-corrected chi connectivity index (χ4v) is 2.58. The van der Waals surface area contributed by atoms with Crippen molar-refractivity contribution in [2.24, 2.45) is 5.73 Å². The van der Waals surface area contributed by atoms with E-state index in [4.69, 9.17) is 10.5 Å². The van der Waals surface area contributed by atoms with Crippen LogP contribution in [0.15, 0.2) is 24.3 Å². The van der Waals surface area contributed by atoms with E-state index in [0.717, 1.165) is 12.8 Å². The largest absolute Gasteiger partial charge is 0.469 e. The van der Waals surface area contributed by atoms with E-state index in [2.05, 4.69) is 12.1 Å². The summed E-state index contributed by atoms with van der Waals surface area (Å²) in [6.07, 6.45) is 2.33. The van der Waals surface area contributed by atoms with Gasteiger partial charge in [-0.15, -0.1) is 0 Å². The van der Waals surface area contributed by atoms with Crippen molar-refractivity contribution < 1.29 is 9.53 Å². The first kappa shape index (κ1) is 11.1. The van der Waals surface area contributed by atoms with Gasteiger partial charge in [0.2, 0.25) is 0 Å². The number of benzene rings is 1. The van der Waals surface area contributed by atoms with E-state index >= 15 is 0 Å². The highest BCUT2D eigenvalue weighted by Crippen LogP contribution is 2.40. The lowest BCUT2D eigenvalue weighted by atomic mass is 9.79. The number of hydrogen-bond donors (Lipinski definition) is 1. The predicted molar refractivity (Wildman–Crippen MR) is 62.1 cm³/mol. The molecule has 1 aliphatic rings. The van der Waals surface area contributed by atoms with Crippen molar-refractivity contribution in [3.8, 4) is 0 Å². The van der Waals surface area contributed by atoms with Gasteiger partial charge in [0.25, 0.3) is 0 Å². The van der Waals surface area contributed by atoms with Crippen molar-refractivity contribution in [2.45, 2.75) is 24.7 Å². The summed E-state index contributed by atoms with van der Waals surface area (Å²) in [5.41, 5.74) is 8.22. The Bertz CT molecular complexity index is 403. The molecule has 0 bridgehead atoms. The molecule has 2 N–H and O–H groups in total. The Morgan fingerprint density at radius 1 is 1.50 bits per heavy atom. The van der Waals surface area contributed by atoms with Crippen molar-refractivity contribution in [3.63, 3.8) is 0 Å². The average molecular weight is 219 g/mol. The van der Waals surface area contributed by atoms with Crippen LogP contribution in [0.5, 0.6) is 0 Å². The zero-order chi connectivity index (χ0) is 11.6. The van der Waals surface area contributed by atoms with Gasteiger partial charge in [-0.3, -0.25) is 4.79 Å². The Balaban J connectivity index is 2.34. The fraction of sp³-hybridized carbons (Fsp3) is 0.462. The number of nitrogens with two attached hydrogens (primary N) is 1. The van der Waals surface area contributed by atoms with E-state index in [1.807, 2.05) is 12.1 Å².